The molecule has 1 aliphatic carbocycles. The Bertz CT molecular complexity index is 1480. The summed E-state index contributed by atoms with van der Waals surface area (Å²) in [6.45, 7) is 3.37. The Morgan fingerprint density at radius 1 is 0.950 bits per heavy atom. The van der Waals surface area contributed by atoms with Crippen LogP contribution in [0.4, 0.5) is 0 Å². The van der Waals surface area contributed by atoms with Crippen molar-refractivity contribution in [2.24, 2.45) is 5.92 Å². The summed E-state index contributed by atoms with van der Waals surface area (Å²) in [5.41, 5.74) is 4.08. The first kappa shape index (κ1) is 24.3. The molecule has 0 spiro atoms. The molecular weight excluding hydrogens is 504 g/mol. The Kier molecular flexibility index (Phi) is 5.80. The van der Waals surface area contributed by atoms with E-state index in [-0.39, 0.29) is 37.2 Å². The van der Waals surface area contributed by atoms with E-state index in [1.165, 1.54) is 32.1 Å². The molecule has 8 heteroatoms. The van der Waals surface area contributed by atoms with Crippen LogP contribution < -0.4 is 9.47 Å². The van der Waals surface area contributed by atoms with Gasteiger partial charge < -0.3 is 29.2 Å². The van der Waals surface area contributed by atoms with Gasteiger partial charge in [-0.25, -0.2) is 0 Å². The molecule has 1 aromatic heterocycles. The summed E-state index contributed by atoms with van der Waals surface area (Å²) in [5.74, 6) is 2.27. The lowest BCUT2D eigenvalue weighted by atomic mass is 9.85. The van der Waals surface area contributed by atoms with E-state index in [1.807, 2.05) is 40.1 Å². The van der Waals surface area contributed by atoms with E-state index in [1.54, 1.807) is 0 Å². The summed E-state index contributed by atoms with van der Waals surface area (Å²) < 4.78 is 11.2. The molecule has 40 heavy (non-hydrogen) atoms. The fraction of sp³-hybridized carbons (Fsp3) is 0.500. The first-order valence-electron chi connectivity index (χ1n) is 15.0. The second kappa shape index (κ2) is 9.54. The Morgan fingerprint density at radius 3 is 2.70 bits per heavy atom. The molecule has 2 amide bonds. The first-order valence-corrected chi connectivity index (χ1v) is 15.0. The third kappa shape index (κ3) is 3.91. The molecule has 0 radical (unpaired) electrons. The number of carbonyl (C=O) groups is 2. The van der Waals surface area contributed by atoms with Gasteiger partial charge in [-0.15, -0.1) is 0 Å². The highest BCUT2D eigenvalue weighted by molar-refractivity contribution is 5.98. The maximum absolute atomic E-state index is 14.3. The zero-order valence-electron chi connectivity index (χ0n) is 22.8. The highest BCUT2D eigenvalue weighted by atomic mass is 16.7. The van der Waals surface area contributed by atoms with Crippen molar-refractivity contribution in [1.29, 1.82) is 0 Å². The summed E-state index contributed by atoms with van der Waals surface area (Å²) in [5, 5.41) is 1.12. The monoisotopic (exact) mass is 540 g/mol. The van der Waals surface area contributed by atoms with Crippen LogP contribution in [0.2, 0.25) is 0 Å². The van der Waals surface area contributed by atoms with Crippen LogP contribution in [0.25, 0.3) is 10.9 Å². The van der Waals surface area contributed by atoms with Gasteiger partial charge >= 0.3 is 0 Å². The van der Waals surface area contributed by atoms with Crippen LogP contribution in [0, 0.1) is 5.92 Å². The molecule has 8 rings (SSSR count). The highest BCUT2D eigenvalue weighted by Crippen LogP contribution is 2.45. The van der Waals surface area contributed by atoms with E-state index in [4.69, 9.17) is 9.47 Å². The Morgan fingerprint density at radius 2 is 1.80 bits per heavy atom. The molecule has 0 unspecified atom stereocenters. The number of amides is 2. The van der Waals surface area contributed by atoms with Gasteiger partial charge in [-0.2, -0.15) is 0 Å². The smallest absolute Gasteiger partial charge is 0.246 e. The topological polar surface area (TPSA) is 78.1 Å². The molecule has 8 nitrogen and oxygen atoms in total. The number of nitrogens with zero attached hydrogens (tertiary/aromatic N) is 3. The number of benzene rings is 2. The largest absolute Gasteiger partial charge is 0.454 e. The predicted octanol–water partition coefficient (Wildman–Crippen LogP) is 4.24. The van der Waals surface area contributed by atoms with Crippen LogP contribution in [0.1, 0.15) is 61.4 Å². The Balaban J connectivity index is 1.12. The van der Waals surface area contributed by atoms with Crippen molar-refractivity contribution in [1.82, 2.24) is 19.7 Å². The number of piperazine rings is 1. The number of para-hydroxylation sites is 1. The minimum absolute atomic E-state index is 0.0160. The second-order valence-electron chi connectivity index (χ2n) is 12.3. The minimum atomic E-state index is -0.518. The molecule has 2 saturated heterocycles. The average molecular weight is 541 g/mol. The van der Waals surface area contributed by atoms with E-state index in [0.29, 0.717) is 17.9 Å². The van der Waals surface area contributed by atoms with Gasteiger partial charge in [0.05, 0.1) is 6.04 Å². The standard InChI is InChI=1S/C32H36N4O4/c37-29-18-35(22-12-13-34(17-22)16-20-6-2-1-3-7-20)32(38)26-15-24-23-8-4-5-9-25(23)33-30(24)31(36(26)29)21-10-11-27-28(14-21)40-19-39-27/h4-5,8-11,14,20,22,26,31,33H,1-3,6-7,12-13,15-19H2/t22-,26-,31-/m1/s1. The van der Waals surface area contributed by atoms with Crippen molar-refractivity contribution in [3.05, 3.63) is 59.3 Å². The van der Waals surface area contributed by atoms with Crippen molar-refractivity contribution in [2.45, 2.75) is 63.1 Å². The minimum Gasteiger partial charge on any atom is -0.454 e. The number of likely N-dealkylation sites (tertiary alicyclic amines) is 1. The average Bonchev–Trinajstić information content (AvgIpc) is 3.72. The number of rotatable bonds is 4. The summed E-state index contributed by atoms with van der Waals surface area (Å²) in [6.07, 6.45) is 8.19. The highest BCUT2D eigenvalue weighted by Gasteiger charge is 2.50. The molecular formula is C32H36N4O4. The van der Waals surface area contributed by atoms with Crippen LogP contribution >= 0.6 is 0 Å². The third-order valence-electron chi connectivity index (χ3n) is 9.94. The number of hydrogen-bond donors (Lipinski definition) is 1. The number of aromatic nitrogens is 1. The SMILES string of the molecule is O=C1[C@H]2Cc3c([nH]c4ccccc34)[C@@H](c3ccc4c(c3)OCO4)N2C(=O)CN1[C@@H]1CCN(CC2CCCCC2)C1. The van der Waals surface area contributed by atoms with Gasteiger partial charge in [0.15, 0.2) is 11.5 Å². The molecule has 4 aliphatic heterocycles. The quantitative estimate of drug-likeness (QED) is 0.536. The van der Waals surface area contributed by atoms with Crippen LogP contribution in [0.15, 0.2) is 42.5 Å². The second-order valence-corrected chi connectivity index (χ2v) is 12.3. The molecule has 208 valence electrons. The van der Waals surface area contributed by atoms with Gasteiger partial charge in [-0.3, -0.25) is 9.59 Å². The number of ether oxygens (including phenoxy) is 2. The van der Waals surface area contributed by atoms with Crippen LogP contribution in [0.5, 0.6) is 11.5 Å². The molecule has 3 fully saturated rings. The van der Waals surface area contributed by atoms with Gasteiger partial charge in [-0.05, 0) is 54.5 Å². The van der Waals surface area contributed by atoms with E-state index < -0.39 is 6.04 Å². The van der Waals surface area contributed by atoms with Crippen LogP contribution in [0.3, 0.4) is 0 Å². The lowest BCUT2D eigenvalue weighted by molar-refractivity contribution is -0.160. The first-order chi connectivity index (χ1) is 19.6. The summed E-state index contributed by atoms with van der Waals surface area (Å²) in [4.78, 5) is 38.2. The summed E-state index contributed by atoms with van der Waals surface area (Å²) in [7, 11) is 0. The molecule has 0 bridgehead atoms. The number of nitrogens with one attached hydrogen (secondary N) is 1. The van der Waals surface area contributed by atoms with Gasteiger partial charge in [0, 0.05) is 48.7 Å². The lowest BCUT2D eigenvalue weighted by Gasteiger charge is -2.48. The molecule has 5 aliphatic rings. The Hall–Kier alpha value is -3.52. The fourth-order valence-electron chi connectivity index (χ4n) is 7.99. The molecule has 1 saturated carbocycles. The maximum Gasteiger partial charge on any atom is 0.246 e. The van der Waals surface area contributed by atoms with Gasteiger partial charge in [-0.1, -0.05) is 43.5 Å². The van der Waals surface area contributed by atoms with Crippen molar-refractivity contribution in [3.8, 4) is 11.5 Å². The Labute approximate surface area is 234 Å². The van der Waals surface area contributed by atoms with Crippen LogP contribution in [-0.4, -0.2) is 76.6 Å². The number of H-pyrrole nitrogens is 1. The number of carbonyl (C=O) groups excluding carboxylic acids is 2. The van der Waals surface area contributed by atoms with E-state index in [9.17, 15) is 9.59 Å². The molecule has 3 aromatic rings. The fourth-order valence-corrected chi connectivity index (χ4v) is 7.99. The maximum atomic E-state index is 14.3. The molecule has 1 N–H and O–H groups in total. The third-order valence-corrected chi connectivity index (χ3v) is 9.94. The van der Waals surface area contributed by atoms with E-state index in [2.05, 4.69) is 22.0 Å². The van der Waals surface area contributed by atoms with E-state index >= 15 is 0 Å². The molecule has 5 heterocycles. The lowest BCUT2D eigenvalue weighted by Crippen LogP contribution is -2.65. The summed E-state index contributed by atoms with van der Waals surface area (Å²) >= 11 is 0. The molecule has 2 aromatic carbocycles. The van der Waals surface area contributed by atoms with Crippen molar-refractivity contribution in [3.63, 3.8) is 0 Å². The van der Waals surface area contributed by atoms with Gasteiger partial charge in [0.25, 0.3) is 0 Å². The van der Waals surface area contributed by atoms with Gasteiger partial charge in [0.1, 0.15) is 12.6 Å². The summed E-state index contributed by atoms with van der Waals surface area (Å²) in [6, 6.07) is 13.3. The number of aromatic amines is 1. The van der Waals surface area contributed by atoms with Crippen molar-refractivity contribution >= 4 is 22.7 Å². The zero-order chi connectivity index (χ0) is 26.8. The predicted molar refractivity (Wildman–Crippen MR) is 150 cm³/mol. The number of hydrogen-bond acceptors (Lipinski definition) is 5. The van der Waals surface area contributed by atoms with Crippen LogP contribution in [-0.2, 0) is 16.0 Å². The number of fused-ring (bicyclic) bond motifs is 5. The van der Waals surface area contributed by atoms with E-state index in [0.717, 1.165) is 59.7 Å². The van der Waals surface area contributed by atoms with Crippen molar-refractivity contribution in [2.75, 3.05) is 33.0 Å². The molecule has 3 atom stereocenters. The zero-order valence-corrected chi connectivity index (χ0v) is 22.8. The van der Waals surface area contributed by atoms with Crippen molar-refractivity contribution < 1.29 is 19.1 Å². The van der Waals surface area contributed by atoms with Gasteiger partial charge in [0.2, 0.25) is 18.6 Å². The normalized spacial score (nSPS) is 26.9.